The molecule has 0 aliphatic rings. The second-order valence-electron chi connectivity index (χ2n) is 5.18. The van der Waals surface area contributed by atoms with E-state index in [4.69, 9.17) is 0 Å². The molecule has 0 amide bonds. The summed E-state index contributed by atoms with van der Waals surface area (Å²) in [5.74, 6) is -11.0. The molecular formula is C16H10F7NO3. The molecule has 0 saturated heterocycles. The maximum atomic E-state index is 13.8. The zero-order chi connectivity index (χ0) is 20.5. The summed E-state index contributed by atoms with van der Waals surface area (Å²) in [6.07, 6.45) is -5.63. The van der Waals surface area contributed by atoms with E-state index >= 15 is 0 Å². The summed E-state index contributed by atoms with van der Waals surface area (Å²) in [5, 5.41) is 11.8. The zero-order valence-electron chi connectivity index (χ0n) is 13.3. The Balaban J connectivity index is 2.39. The van der Waals surface area contributed by atoms with Crippen molar-refractivity contribution in [2.75, 3.05) is 12.4 Å². The lowest BCUT2D eigenvalue weighted by atomic mass is 10.1. The third-order valence-corrected chi connectivity index (χ3v) is 3.51. The molecular weight excluding hydrogens is 387 g/mol. The number of hydrogen-bond donors (Lipinski definition) is 2. The van der Waals surface area contributed by atoms with E-state index in [1.807, 2.05) is 0 Å². The van der Waals surface area contributed by atoms with Crippen LogP contribution in [0.3, 0.4) is 0 Å². The lowest BCUT2D eigenvalue weighted by molar-refractivity contribution is -0.143. The highest BCUT2D eigenvalue weighted by Gasteiger charge is 2.42. The molecule has 0 saturated carbocycles. The third kappa shape index (κ3) is 3.91. The molecule has 0 atom stereocenters. The number of aromatic hydroxyl groups is 1. The summed E-state index contributed by atoms with van der Waals surface area (Å²) in [7, 11) is 1.03. The SMILES string of the molecule is COC(=O)c1cc(NCc2c(F)c(F)c(C(F)(F)F)c(F)c2F)ccc1O. The van der Waals surface area contributed by atoms with Gasteiger partial charge in [-0.2, -0.15) is 13.2 Å². The summed E-state index contributed by atoms with van der Waals surface area (Å²) < 4.78 is 96.8. The van der Waals surface area contributed by atoms with Gasteiger partial charge in [0.05, 0.1) is 7.11 Å². The van der Waals surface area contributed by atoms with Crippen molar-refractivity contribution in [2.45, 2.75) is 12.7 Å². The van der Waals surface area contributed by atoms with E-state index in [9.17, 15) is 40.6 Å². The number of phenols is 1. The van der Waals surface area contributed by atoms with Crippen molar-refractivity contribution in [3.8, 4) is 5.75 Å². The van der Waals surface area contributed by atoms with Crippen molar-refractivity contribution in [3.63, 3.8) is 0 Å². The number of benzene rings is 2. The highest BCUT2D eigenvalue weighted by molar-refractivity contribution is 5.93. The van der Waals surface area contributed by atoms with Crippen molar-refractivity contribution < 1.29 is 45.4 Å². The van der Waals surface area contributed by atoms with E-state index in [0.717, 1.165) is 25.3 Å². The molecule has 0 fully saturated rings. The van der Waals surface area contributed by atoms with Gasteiger partial charge in [0.2, 0.25) is 0 Å². The normalized spacial score (nSPS) is 11.4. The molecule has 2 aromatic carbocycles. The molecule has 0 aromatic heterocycles. The first-order valence-electron chi connectivity index (χ1n) is 7.06. The van der Waals surface area contributed by atoms with Crippen LogP contribution in [0.1, 0.15) is 21.5 Å². The van der Waals surface area contributed by atoms with Gasteiger partial charge in [0, 0.05) is 17.8 Å². The number of ether oxygens (including phenoxy) is 1. The number of hydrogen-bond acceptors (Lipinski definition) is 4. The minimum Gasteiger partial charge on any atom is -0.507 e. The molecule has 4 nitrogen and oxygen atoms in total. The van der Waals surface area contributed by atoms with Crippen LogP contribution in [0, 0.1) is 23.3 Å². The third-order valence-electron chi connectivity index (χ3n) is 3.51. The van der Waals surface area contributed by atoms with Crippen LogP contribution in [-0.2, 0) is 17.5 Å². The maximum Gasteiger partial charge on any atom is 0.422 e. The van der Waals surface area contributed by atoms with E-state index in [-0.39, 0.29) is 11.3 Å². The van der Waals surface area contributed by atoms with Crippen LogP contribution in [0.25, 0.3) is 0 Å². The van der Waals surface area contributed by atoms with Gasteiger partial charge in [0.1, 0.15) is 16.9 Å². The Morgan fingerprint density at radius 1 is 1.07 bits per heavy atom. The van der Waals surface area contributed by atoms with Crippen LogP contribution in [0.2, 0.25) is 0 Å². The summed E-state index contributed by atoms with van der Waals surface area (Å²) >= 11 is 0. The topological polar surface area (TPSA) is 58.6 Å². The second kappa shape index (κ2) is 7.33. The number of halogens is 7. The highest BCUT2D eigenvalue weighted by Crippen LogP contribution is 2.37. The van der Waals surface area contributed by atoms with Crippen LogP contribution >= 0.6 is 0 Å². The minimum absolute atomic E-state index is 0.0345. The lowest BCUT2D eigenvalue weighted by Crippen LogP contribution is -2.18. The van der Waals surface area contributed by atoms with E-state index < -0.39 is 58.8 Å². The fourth-order valence-electron chi connectivity index (χ4n) is 2.19. The van der Waals surface area contributed by atoms with Gasteiger partial charge in [-0.3, -0.25) is 0 Å². The molecule has 0 heterocycles. The molecule has 0 bridgehead atoms. The van der Waals surface area contributed by atoms with Crippen molar-refractivity contribution in [1.29, 1.82) is 0 Å². The minimum atomic E-state index is -5.63. The van der Waals surface area contributed by atoms with Crippen LogP contribution in [-0.4, -0.2) is 18.2 Å². The van der Waals surface area contributed by atoms with Crippen molar-refractivity contribution in [3.05, 3.63) is 58.2 Å². The average Bonchev–Trinajstić information content (AvgIpc) is 2.59. The molecule has 2 rings (SSSR count). The quantitative estimate of drug-likeness (QED) is 0.348. The van der Waals surface area contributed by atoms with Crippen LogP contribution in [0.15, 0.2) is 18.2 Å². The van der Waals surface area contributed by atoms with Crippen molar-refractivity contribution in [1.82, 2.24) is 0 Å². The van der Waals surface area contributed by atoms with Gasteiger partial charge in [0.15, 0.2) is 23.3 Å². The Hall–Kier alpha value is -2.98. The predicted octanol–water partition coefficient (Wildman–Crippen LogP) is 4.37. The zero-order valence-corrected chi connectivity index (χ0v) is 13.3. The number of phenolic OH excluding ortho intramolecular Hbond substituents is 1. The Kier molecular flexibility index (Phi) is 5.52. The van der Waals surface area contributed by atoms with Crippen LogP contribution < -0.4 is 5.32 Å². The van der Waals surface area contributed by atoms with Gasteiger partial charge < -0.3 is 15.2 Å². The summed E-state index contributed by atoms with van der Waals surface area (Å²) in [5.41, 5.74) is -4.34. The Morgan fingerprint density at radius 3 is 2.11 bits per heavy atom. The smallest absolute Gasteiger partial charge is 0.422 e. The van der Waals surface area contributed by atoms with Gasteiger partial charge in [-0.05, 0) is 18.2 Å². The van der Waals surface area contributed by atoms with E-state index in [1.54, 1.807) is 0 Å². The maximum absolute atomic E-state index is 13.8. The molecule has 11 heteroatoms. The van der Waals surface area contributed by atoms with Crippen LogP contribution in [0.4, 0.5) is 36.4 Å². The molecule has 2 N–H and O–H groups in total. The van der Waals surface area contributed by atoms with Gasteiger partial charge in [-0.25, -0.2) is 22.4 Å². The molecule has 27 heavy (non-hydrogen) atoms. The standard InChI is InChI=1S/C16H10F7NO3/c1-27-15(26)7-4-6(2-3-9(7)25)24-5-8-11(17)13(19)10(16(21,22)23)14(20)12(8)18/h2-4,24-25H,5H2,1H3. The first-order chi connectivity index (χ1) is 12.5. The number of alkyl halides is 3. The molecule has 0 radical (unpaired) electrons. The van der Waals surface area contributed by atoms with E-state index in [0.29, 0.717) is 0 Å². The summed E-state index contributed by atoms with van der Waals surface area (Å²) in [6.45, 7) is -0.949. The number of nitrogens with one attached hydrogen (secondary N) is 1. The van der Waals surface area contributed by atoms with Gasteiger partial charge in [-0.1, -0.05) is 0 Å². The number of methoxy groups -OCH3 is 1. The van der Waals surface area contributed by atoms with Crippen molar-refractivity contribution >= 4 is 11.7 Å². The summed E-state index contributed by atoms with van der Waals surface area (Å²) in [4.78, 5) is 11.5. The fourth-order valence-corrected chi connectivity index (χ4v) is 2.19. The van der Waals surface area contributed by atoms with Crippen molar-refractivity contribution in [2.24, 2.45) is 0 Å². The fraction of sp³-hybridized carbons (Fsp3) is 0.188. The highest BCUT2D eigenvalue weighted by atomic mass is 19.4. The van der Waals surface area contributed by atoms with Gasteiger partial charge in [-0.15, -0.1) is 0 Å². The Bertz CT molecular complexity index is 868. The number of rotatable bonds is 4. The number of esters is 1. The monoisotopic (exact) mass is 397 g/mol. The molecule has 2 aromatic rings. The number of carbonyl (C=O) groups excluding carboxylic acids is 1. The molecule has 0 aliphatic heterocycles. The first kappa shape index (κ1) is 20.3. The second-order valence-corrected chi connectivity index (χ2v) is 5.18. The summed E-state index contributed by atoms with van der Waals surface area (Å²) in [6, 6.07) is 3.18. The predicted molar refractivity (Wildman–Crippen MR) is 78.0 cm³/mol. The largest absolute Gasteiger partial charge is 0.507 e. The number of carbonyl (C=O) groups is 1. The van der Waals surface area contributed by atoms with E-state index in [1.165, 1.54) is 0 Å². The number of anilines is 1. The lowest BCUT2D eigenvalue weighted by Gasteiger charge is -2.15. The molecule has 0 unspecified atom stereocenters. The molecule has 146 valence electrons. The Morgan fingerprint density at radius 2 is 1.63 bits per heavy atom. The Labute approximate surface area is 147 Å². The van der Waals surface area contributed by atoms with Gasteiger partial charge in [0.25, 0.3) is 0 Å². The molecule has 0 spiro atoms. The van der Waals surface area contributed by atoms with E-state index in [2.05, 4.69) is 10.1 Å². The molecule has 0 aliphatic carbocycles. The average molecular weight is 397 g/mol. The van der Waals surface area contributed by atoms with Crippen LogP contribution in [0.5, 0.6) is 5.75 Å². The van der Waals surface area contributed by atoms with Gasteiger partial charge >= 0.3 is 12.1 Å². The first-order valence-corrected chi connectivity index (χ1v) is 7.06.